The smallest absolute Gasteiger partial charge is 0.181 e. The largest absolute Gasteiger partial charge is 0.229 e. The van der Waals surface area contributed by atoms with Crippen molar-refractivity contribution in [1.29, 1.82) is 0 Å². The monoisotopic (exact) mass is 189 g/mol. The van der Waals surface area contributed by atoms with Gasteiger partial charge in [-0.15, -0.1) is 10.0 Å². The zero-order valence-electron chi connectivity index (χ0n) is 7.45. The molecule has 70 valence electrons. The van der Waals surface area contributed by atoms with Crippen molar-refractivity contribution in [1.82, 2.24) is 20.2 Å². The standard InChI is InChI=1S/C8H7N5O/c1-13-8(9-11-12-13)6-2-4-7(10-14)5-3-6/h2-5H,1H3. The van der Waals surface area contributed by atoms with Crippen molar-refractivity contribution in [3.63, 3.8) is 0 Å². The first-order valence-electron chi connectivity index (χ1n) is 3.97. The lowest BCUT2D eigenvalue weighted by Crippen LogP contribution is -1.93. The van der Waals surface area contributed by atoms with Crippen LogP contribution in [0, 0.1) is 4.91 Å². The topological polar surface area (TPSA) is 73.0 Å². The van der Waals surface area contributed by atoms with Crippen LogP contribution in [0.1, 0.15) is 0 Å². The van der Waals surface area contributed by atoms with Crippen LogP contribution in [0.2, 0.25) is 0 Å². The van der Waals surface area contributed by atoms with Crippen molar-refractivity contribution in [2.45, 2.75) is 0 Å². The van der Waals surface area contributed by atoms with Gasteiger partial charge < -0.3 is 0 Å². The molecule has 0 aliphatic rings. The van der Waals surface area contributed by atoms with Crippen molar-refractivity contribution in [3.8, 4) is 11.4 Å². The first-order valence-corrected chi connectivity index (χ1v) is 3.97. The summed E-state index contributed by atoms with van der Waals surface area (Å²) in [6.07, 6.45) is 0. The number of nitrogens with zero attached hydrogens (tertiary/aromatic N) is 5. The Labute approximate surface area is 79.5 Å². The van der Waals surface area contributed by atoms with E-state index in [1.807, 2.05) is 0 Å². The summed E-state index contributed by atoms with van der Waals surface area (Å²) in [4.78, 5) is 10.2. The molecule has 1 heterocycles. The Hall–Kier alpha value is -2.11. The molecule has 0 saturated heterocycles. The van der Waals surface area contributed by atoms with Crippen LogP contribution in [0.25, 0.3) is 11.4 Å². The van der Waals surface area contributed by atoms with Crippen molar-refractivity contribution in [2.24, 2.45) is 12.2 Å². The predicted molar refractivity (Wildman–Crippen MR) is 49.7 cm³/mol. The van der Waals surface area contributed by atoms with Gasteiger partial charge in [0.15, 0.2) is 5.82 Å². The van der Waals surface area contributed by atoms with Gasteiger partial charge in [0.05, 0.1) is 0 Å². The molecule has 1 aromatic heterocycles. The highest BCUT2D eigenvalue weighted by Gasteiger charge is 2.04. The van der Waals surface area contributed by atoms with Crippen molar-refractivity contribution in [2.75, 3.05) is 0 Å². The molecule has 0 amide bonds. The summed E-state index contributed by atoms with van der Waals surface area (Å²) in [7, 11) is 1.75. The Balaban J connectivity index is 2.43. The molecule has 0 aliphatic heterocycles. The third kappa shape index (κ3) is 1.37. The molecular formula is C8H7N5O. The van der Waals surface area contributed by atoms with Gasteiger partial charge in [-0.2, -0.15) is 0 Å². The molecule has 0 aliphatic carbocycles. The van der Waals surface area contributed by atoms with Crippen LogP contribution < -0.4 is 0 Å². The quantitative estimate of drug-likeness (QED) is 0.667. The summed E-state index contributed by atoms with van der Waals surface area (Å²) in [6, 6.07) is 6.75. The molecule has 2 rings (SSSR count). The van der Waals surface area contributed by atoms with Gasteiger partial charge in [0, 0.05) is 12.6 Å². The van der Waals surface area contributed by atoms with Gasteiger partial charge in [-0.25, -0.2) is 4.68 Å². The van der Waals surface area contributed by atoms with Gasteiger partial charge in [-0.1, -0.05) is 0 Å². The van der Waals surface area contributed by atoms with Crippen LogP contribution in [0.5, 0.6) is 0 Å². The Kier molecular flexibility index (Phi) is 2.02. The minimum absolute atomic E-state index is 0.392. The predicted octanol–water partition coefficient (Wildman–Crippen LogP) is 1.27. The van der Waals surface area contributed by atoms with Crippen LogP contribution in [-0.4, -0.2) is 20.2 Å². The lowest BCUT2D eigenvalue weighted by molar-refractivity contribution is 0.714. The second kappa shape index (κ2) is 3.33. The maximum absolute atomic E-state index is 10.2. The van der Waals surface area contributed by atoms with E-state index < -0.39 is 0 Å². The van der Waals surface area contributed by atoms with E-state index in [4.69, 9.17) is 0 Å². The minimum atomic E-state index is 0.392. The van der Waals surface area contributed by atoms with E-state index >= 15 is 0 Å². The van der Waals surface area contributed by atoms with Crippen LogP contribution in [0.4, 0.5) is 5.69 Å². The number of hydrogen-bond donors (Lipinski definition) is 0. The van der Waals surface area contributed by atoms with Gasteiger partial charge in [0.25, 0.3) is 0 Å². The molecule has 6 heteroatoms. The summed E-state index contributed by atoms with van der Waals surface area (Å²) in [5, 5.41) is 13.9. The molecule has 0 atom stereocenters. The number of benzene rings is 1. The average molecular weight is 189 g/mol. The highest BCUT2D eigenvalue weighted by Crippen LogP contribution is 2.19. The third-order valence-corrected chi connectivity index (χ3v) is 1.85. The molecule has 1 aromatic carbocycles. The molecule has 0 bridgehead atoms. The van der Waals surface area contributed by atoms with Crippen molar-refractivity contribution < 1.29 is 0 Å². The second-order valence-corrected chi connectivity index (χ2v) is 2.76. The SMILES string of the molecule is Cn1nnnc1-c1ccc(N=O)cc1. The van der Waals surface area contributed by atoms with Gasteiger partial charge in [0.1, 0.15) is 5.69 Å². The minimum Gasteiger partial charge on any atom is -0.229 e. The molecule has 6 nitrogen and oxygen atoms in total. The van der Waals surface area contributed by atoms with Crippen molar-refractivity contribution >= 4 is 5.69 Å². The summed E-state index contributed by atoms with van der Waals surface area (Å²) in [5.41, 5.74) is 1.24. The fourth-order valence-electron chi connectivity index (χ4n) is 1.15. The van der Waals surface area contributed by atoms with E-state index in [2.05, 4.69) is 20.7 Å². The Morgan fingerprint density at radius 2 is 2.00 bits per heavy atom. The molecule has 0 fully saturated rings. The van der Waals surface area contributed by atoms with Crippen molar-refractivity contribution in [3.05, 3.63) is 29.2 Å². The van der Waals surface area contributed by atoms with Gasteiger partial charge in [-0.05, 0) is 39.9 Å². The molecule has 14 heavy (non-hydrogen) atoms. The molecule has 0 spiro atoms. The van der Waals surface area contributed by atoms with E-state index in [1.165, 1.54) is 0 Å². The molecular weight excluding hydrogens is 182 g/mol. The number of tetrazole rings is 1. The molecule has 0 radical (unpaired) electrons. The number of rotatable bonds is 2. The molecule has 0 saturated carbocycles. The fraction of sp³-hybridized carbons (Fsp3) is 0.125. The van der Waals surface area contributed by atoms with E-state index in [-0.39, 0.29) is 0 Å². The van der Waals surface area contributed by atoms with Gasteiger partial charge in [0.2, 0.25) is 0 Å². The van der Waals surface area contributed by atoms with E-state index in [0.29, 0.717) is 11.5 Å². The zero-order chi connectivity index (χ0) is 9.97. The van der Waals surface area contributed by atoms with Crippen LogP contribution in [0.15, 0.2) is 29.4 Å². The normalized spacial score (nSPS) is 10.1. The Bertz CT molecular complexity index is 447. The number of aromatic nitrogens is 4. The van der Waals surface area contributed by atoms with E-state index in [9.17, 15) is 4.91 Å². The van der Waals surface area contributed by atoms with Gasteiger partial charge >= 0.3 is 0 Å². The Morgan fingerprint density at radius 1 is 1.29 bits per heavy atom. The molecule has 0 N–H and O–H groups in total. The first kappa shape index (κ1) is 8.49. The number of aryl methyl sites for hydroxylation is 1. The summed E-state index contributed by atoms with van der Waals surface area (Å²) in [6.45, 7) is 0. The number of hydrogen-bond acceptors (Lipinski definition) is 5. The molecule has 0 unspecified atom stereocenters. The lowest BCUT2D eigenvalue weighted by atomic mass is 10.2. The first-order chi connectivity index (χ1) is 6.81. The fourth-order valence-corrected chi connectivity index (χ4v) is 1.15. The van der Waals surface area contributed by atoms with Gasteiger partial charge in [-0.3, -0.25) is 0 Å². The number of nitroso groups, excluding NO2 is 1. The maximum Gasteiger partial charge on any atom is 0.181 e. The Morgan fingerprint density at radius 3 is 2.50 bits per heavy atom. The third-order valence-electron chi connectivity index (χ3n) is 1.85. The maximum atomic E-state index is 10.2. The highest BCUT2D eigenvalue weighted by atomic mass is 16.3. The highest BCUT2D eigenvalue weighted by molar-refractivity contribution is 5.57. The summed E-state index contributed by atoms with van der Waals surface area (Å²) >= 11 is 0. The lowest BCUT2D eigenvalue weighted by Gasteiger charge is -1.97. The van der Waals surface area contributed by atoms with Crippen LogP contribution in [0.3, 0.4) is 0 Å². The zero-order valence-corrected chi connectivity index (χ0v) is 7.45. The average Bonchev–Trinajstić information content (AvgIpc) is 2.65. The molecule has 2 aromatic rings. The summed E-state index contributed by atoms with van der Waals surface area (Å²) < 4.78 is 1.56. The van der Waals surface area contributed by atoms with E-state index in [0.717, 1.165) is 5.56 Å². The van der Waals surface area contributed by atoms with Crippen LogP contribution >= 0.6 is 0 Å². The summed E-state index contributed by atoms with van der Waals surface area (Å²) in [5.74, 6) is 0.655. The second-order valence-electron chi connectivity index (χ2n) is 2.76. The van der Waals surface area contributed by atoms with E-state index in [1.54, 1.807) is 36.0 Å². The van der Waals surface area contributed by atoms with Crippen LogP contribution in [-0.2, 0) is 7.05 Å².